The van der Waals surface area contributed by atoms with Crippen LogP contribution in [0, 0.1) is 30.4 Å². The van der Waals surface area contributed by atoms with E-state index < -0.39 is 41.6 Å². The minimum Gasteiger partial charge on any atom is -0.507 e. The van der Waals surface area contributed by atoms with Crippen LogP contribution in [0.1, 0.15) is 108 Å². The van der Waals surface area contributed by atoms with Crippen LogP contribution in [0.25, 0.3) is 21.7 Å². The van der Waals surface area contributed by atoms with Crippen LogP contribution in [0.2, 0.25) is 0 Å². The average molecular weight is 1160 g/mol. The lowest BCUT2D eigenvalue weighted by Gasteiger charge is -2.43. The number of hydrogen-bond acceptors (Lipinski definition) is 18. The van der Waals surface area contributed by atoms with Crippen molar-refractivity contribution in [1.29, 1.82) is 0 Å². The first-order valence-corrected chi connectivity index (χ1v) is 30.3. The number of carbonyl (C=O) groups excluding carboxylic acids is 2. The number of piperazine rings is 1. The van der Waals surface area contributed by atoms with Crippen molar-refractivity contribution >= 4 is 46.2 Å². The number of likely N-dealkylation sites (tertiary alicyclic amines) is 2. The number of ether oxygens (including phenoxy) is 2. The predicted molar refractivity (Wildman–Crippen MR) is 311 cm³/mol. The lowest BCUT2D eigenvalue weighted by Crippen LogP contribution is -2.54. The van der Waals surface area contributed by atoms with Crippen molar-refractivity contribution in [3.8, 4) is 33.3 Å². The summed E-state index contributed by atoms with van der Waals surface area (Å²) >= 11 is 1.22. The van der Waals surface area contributed by atoms with Gasteiger partial charge in [-0.15, -0.1) is 21.5 Å². The Balaban J connectivity index is 0.569. The average Bonchev–Trinajstić information content (AvgIpc) is 4.36. The van der Waals surface area contributed by atoms with Crippen molar-refractivity contribution in [3.05, 3.63) is 101 Å². The van der Waals surface area contributed by atoms with Gasteiger partial charge in [-0.1, -0.05) is 31.1 Å². The number of carbonyl (C=O) groups is 2. The third kappa shape index (κ3) is 11.9. The number of anilines is 4. The number of aromatic hydroxyl groups is 1. The number of para-hydroxylation sites is 1. The monoisotopic (exact) mass is 1160 g/mol. The molecule has 19 nitrogen and oxygen atoms in total. The highest BCUT2D eigenvalue weighted by atomic mass is 32.1. The number of rotatable bonds is 17. The van der Waals surface area contributed by atoms with Gasteiger partial charge in [0.15, 0.2) is 17.4 Å². The minimum atomic E-state index is -1.02. The van der Waals surface area contributed by atoms with Crippen LogP contribution in [0.5, 0.6) is 11.6 Å². The second-order valence-corrected chi connectivity index (χ2v) is 24.9. The number of phenolic OH excluding ortho intramolecular Hbond substituents is 1. The van der Waals surface area contributed by atoms with Crippen LogP contribution < -0.4 is 30.5 Å². The standard InChI is InChI=1S/C61H74F2N12O7S/c1-34(2)57(61(79)74-32-41(76)22-52(74)60(78)67-35(3)46-25-49(63)47(26-48(46)62)58-36(4)66-33-83-58)54-28-55(70-82-54)72-19-12-37(13-20-72)29-71-17-14-42(15-18-71)80-43-23-44(24-43)81-56-21-38(11-16-65-56)75-39-9-10-40(75)31-73(30-39)51-27-50(68-69-59(51)64)45-7-5-6-8-53(45)77/h5-8,11,16,21,25-28,33-35,37,39-44,52,57,76-77H,9-10,12-15,17-20,22-24,29-32H2,1-4H3,(H2,64,69)(H,67,78)/t35-,39?,40?,41+,43?,44?,52-,57+/m0/s1. The summed E-state index contributed by atoms with van der Waals surface area (Å²) in [7, 11) is 0. The second kappa shape index (κ2) is 23.9. The van der Waals surface area contributed by atoms with Gasteiger partial charge in [0, 0.05) is 124 Å². The first-order chi connectivity index (χ1) is 40.1. The SMILES string of the molecule is Cc1ncsc1-c1cc(F)c([C@H](C)NC(=O)[C@@H]2C[C@@H](O)CN2C(=O)[C@@H](c2cc(N3CCC(CN4CCC(OC5CC(Oc6cc(N7C8CCC7CN(c7cc(-c9ccccc9O)nnc7N)C8)ccn6)C5)CC4)CC3)no2)C(C)C)cc1F. The number of amides is 2. The van der Waals surface area contributed by atoms with Gasteiger partial charge in [0.25, 0.3) is 0 Å². The van der Waals surface area contributed by atoms with Gasteiger partial charge in [-0.25, -0.2) is 18.7 Å². The smallest absolute Gasteiger partial charge is 0.243 e. The number of piperidine rings is 2. The Hall–Kier alpha value is -7.01. The number of aliphatic hydroxyl groups excluding tert-OH is 1. The van der Waals surface area contributed by atoms with Gasteiger partial charge >= 0.3 is 0 Å². The molecular weight excluding hydrogens is 1080 g/mol. The minimum absolute atomic E-state index is 0.00403. The van der Waals surface area contributed by atoms with E-state index in [4.69, 9.17) is 19.7 Å². The molecule has 0 radical (unpaired) electrons. The largest absolute Gasteiger partial charge is 0.507 e. The van der Waals surface area contributed by atoms with Crippen LogP contribution in [0.3, 0.4) is 0 Å². The van der Waals surface area contributed by atoms with Crippen molar-refractivity contribution < 1.29 is 42.6 Å². The number of pyridine rings is 1. The molecular formula is C61H74F2N12O7S. The van der Waals surface area contributed by atoms with E-state index in [2.05, 4.69) is 62.4 Å². The van der Waals surface area contributed by atoms with Crippen LogP contribution in [0.4, 0.5) is 31.8 Å². The number of benzene rings is 2. The molecule has 6 fully saturated rings. The zero-order valence-electron chi connectivity index (χ0n) is 47.4. The molecule has 22 heteroatoms. The van der Waals surface area contributed by atoms with E-state index >= 15 is 8.78 Å². The summed E-state index contributed by atoms with van der Waals surface area (Å²) in [6, 6.07) is 15.9. The molecule has 12 rings (SSSR count). The van der Waals surface area contributed by atoms with E-state index in [0.717, 1.165) is 121 Å². The van der Waals surface area contributed by atoms with Crippen molar-refractivity contribution in [2.75, 3.05) is 72.8 Å². The molecule has 83 heavy (non-hydrogen) atoms. The van der Waals surface area contributed by atoms with Crippen LogP contribution >= 0.6 is 11.3 Å². The number of thiazole rings is 1. The molecule has 2 unspecified atom stereocenters. The zero-order valence-corrected chi connectivity index (χ0v) is 48.3. The third-order valence-corrected chi connectivity index (χ3v) is 19.0. The maximum atomic E-state index is 15.5. The van der Waals surface area contributed by atoms with Gasteiger partial charge in [-0.2, -0.15) is 0 Å². The molecule has 9 heterocycles. The van der Waals surface area contributed by atoms with Crippen molar-refractivity contribution in [3.63, 3.8) is 0 Å². The number of aliphatic hydroxyl groups is 1. The summed E-state index contributed by atoms with van der Waals surface area (Å²) in [5.74, 6) is -0.446. The number of nitrogens with two attached hydrogens (primary N) is 1. The van der Waals surface area contributed by atoms with E-state index in [9.17, 15) is 19.8 Å². The third-order valence-electron chi connectivity index (χ3n) is 18.1. The lowest BCUT2D eigenvalue weighted by molar-refractivity contribution is -0.141. The molecule has 2 amide bonds. The lowest BCUT2D eigenvalue weighted by atomic mass is 9.91. The van der Waals surface area contributed by atoms with Gasteiger partial charge in [0.05, 0.1) is 51.8 Å². The van der Waals surface area contributed by atoms with Gasteiger partial charge < -0.3 is 59.8 Å². The van der Waals surface area contributed by atoms with Gasteiger partial charge in [0.2, 0.25) is 17.7 Å². The molecule has 5 aliphatic heterocycles. The number of nitrogen functional groups attached to an aromatic ring is 1. The fourth-order valence-corrected chi connectivity index (χ4v) is 14.4. The summed E-state index contributed by atoms with van der Waals surface area (Å²) in [5, 5.41) is 37.0. The van der Waals surface area contributed by atoms with Crippen molar-refractivity contribution in [1.82, 2.24) is 40.4 Å². The highest BCUT2D eigenvalue weighted by molar-refractivity contribution is 7.13. The Morgan fingerprint density at radius 3 is 2.33 bits per heavy atom. The highest BCUT2D eigenvalue weighted by Crippen LogP contribution is 2.42. The molecule has 440 valence electrons. The van der Waals surface area contributed by atoms with Crippen molar-refractivity contribution in [2.24, 2.45) is 11.8 Å². The molecule has 6 aliphatic rings. The fraction of sp³-hybridized carbons (Fsp3) is 0.525. The normalized spacial score (nSPS) is 24.1. The van der Waals surface area contributed by atoms with E-state index in [1.54, 1.807) is 31.5 Å². The molecule has 4 aromatic heterocycles. The topological polar surface area (TPSA) is 225 Å². The molecule has 1 aliphatic carbocycles. The zero-order chi connectivity index (χ0) is 57.6. The van der Waals surface area contributed by atoms with Crippen molar-refractivity contribution in [2.45, 2.75) is 140 Å². The van der Waals surface area contributed by atoms with Crippen LogP contribution in [0.15, 0.2) is 76.9 Å². The summed E-state index contributed by atoms with van der Waals surface area (Å²) in [6.45, 7) is 13.3. The Morgan fingerprint density at radius 2 is 1.60 bits per heavy atom. The molecule has 5 N–H and O–H groups in total. The van der Waals surface area contributed by atoms with Crippen LogP contribution in [-0.4, -0.2) is 152 Å². The Morgan fingerprint density at radius 1 is 0.843 bits per heavy atom. The quantitative estimate of drug-likeness (QED) is 0.0674. The maximum Gasteiger partial charge on any atom is 0.243 e. The summed E-state index contributed by atoms with van der Waals surface area (Å²) in [4.78, 5) is 48.5. The number of β-amino-alcohol motifs (C(OH)–C–C–N with tert-alkyl or cyclic N) is 1. The molecule has 5 saturated heterocycles. The molecule has 2 bridgehead atoms. The fourth-order valence-electron chi connectivity index (χ4n) is 13.5. The number of nitrogens with zero attached hydrogens (tertiary/aromatic N) is 10. The molecule has 2 aromatic carbocycles. The number of aryl methyl sites for hydroxylation is 1. The van der Waals surface area contributed by atoms with E-state index in [0.29, 0.717) is 51.0 Å². The Bertz CT molecular complexity index is 3280. The molecule has 6 atom stereocenters. The Kier molecular flexibility index (Phi) is 16.3. The second-order valence-electron chi connectivity index (χ2n) is 24.0. The van der Waals surface area contributed by atoms with E-state index in [1.165, 1.54) is 16.2 Å². The Labute approximate surface area is 486 Å². The predicted octanol–water partition coefficient (Wildman–Crippen LogP) is 8.27. The van der Waals surface area contributed by atoms with Gasteiger partial charge in [-0.05, 0) is 101 Å². The molecule has 6 aromatic rings. The van der Waals surface area contributed by atoms with Gasteiger partial charge in [0.1, 0.15) is 35.4 Å². The van der Waals surface area contributed by atoms with Gasteiger partial charge in [-0.3, -0.25) is 9.59 Å². The first kappa shape index (κ1) is 56.5. The number of halogens is 2. The number of phenols is 1. The molecule has 0 spiro atoms. The molecule has 1 saturated carbocycles. The summed E-state index contributed by atoms with van der Waals surface area (Å²) in [6.07, 6.45) is 9.25. The number of nitrogens with one attached hydrogen (secondary N) is 1. The number of fused-ring (bicyclic) bond motifs is 2. The van der Waals surface area contributed by atoms with E-state index in [1.807, 2.05) is 44.3 Å². The number of hydrogen-bond donors (Lipinski definition) is 4. The summed E-state index contributed by atoms with van der Waals surface area (Å²) < 4.78 is 49.8. The van der Waals surface area contributed by atoms with E-state index in [-0.39, 0.29) is 72.1 Å². The van der Waals surface area contributed by atoms with Crippen LogP contribution in [-0.2, 0) is 14.3 Å². The maximum absolute atomic E-state index is 15.5. The number of aromatic nitrogens is 5. The highest BCUT2D eigenvalue weighted by Gasteiger charge is 2.45. The first-order valence-electron chi connectivity index (χ1n) is 29.5. The summed E-state index contributed by atoms with van der Waals surface area (Å²) in [5.41, 5.74) is 11.8.